The topological polar surface area (TPSA) is 90.7 Å². The number of halogens is 1. The van der Waals surface area contributed by atoms with Crippen LogP contribution in [0, 0.1) is 24.0 Å². The van der Waals surface area contributed by atoms with Gasteiger partial charge in [-0.05, 0) is 60.9 Å². The Morgan fingerprint density at radius 3 is 2.42 bits per heavy atom. The Kier molecular flexibility index (Phi) is 6.77. The maximum absolute atomic E-state index is 12.8. The first-order valence-electron chi connectivity index (χ1n) is 9.41. The molecule has 0 aliphatic carbocycles. The number of nitrogens with one attached hydrogen (secondary N) is 1. The molecule has 0 aliphatic rings. The van der Waals surface area contributed by atoms with E-state index < -0.39 is 10.8 Å². The largest absolute Gasteiger partial charge is 0.493 e. The molecular weight excluding hydrogens is 420 g/mol. The van der Waals surface area contributed by atoms with E-state index in [0.29, 0.717) is 28.7 Å². The molecule has 0 bridgehead atoms. The fourth-order valence-electron chi connectivity index (χ4n) is 2.97. The van der Waals surface area contributed by atoms with Gasteiger partial charge in [-0.3, -0.25) is 14.9 Å². The predicted molar refractivity (Wildman–Crippen MR) is 119 cm³/mol. The Morgan fingerprint density at radius 2 is 1.77 bits per heavy atom. The van der Waals surface area contributed by atoms with Crippen molar-refractivity contribution in [3.05, 3.63) is 92.0 Å². The number of aryl methyl sites for hydroxylation is 1. The highest BCUT2D eigenvalue weighted by Crippen LogP contribution is 2.32. The van der Waals surface area contributed by atoms with Gasteiger partial charge in [-0.25, -0.2) is 0 Å². The summed E-state index contributed by atoms with van der Waals surface area (Å²) in [6.45, 7) is 3.85. The van der Waals surface area contributed by atoms with Crippen LogP contribution < -0.4 is 14.8 Å². The second-order valence-electron chi connectivity index (χ2n) is 6.89. The van der Waals surface area contributed by atoms with Gasteiger partial charge in [0.2, 0.25) is 0 Å². The average Bonchev–Trinajstić information content (AvgIpc) is 2.76. The van der Waals surface area contributed by atoms with Gasteiger partial charge in [0.1, 0.15) is 12.3 Å². The van der Waals surface area contributed by atoms with Gasteiger partial charge >= 0.3 is 0 Å². The van der Waals surface area contributed by atoms with Crippen LogP contribution in [-0.4, -0.2) is 17.9 Å². The van der Waals surface area contributed by atoms with E-state index in [1.165, 1.54) is 19.2 Å². The number of anilines is 1. The second-order valence-corrected chi connectivity index (χ2v) is 7.33. The first-order chi connectivity index (χ1) is 14.8. The summed E-state index contributed by atoms with van der Waals surface area (Å²) in [5, 5.41) is 14.7. The van der Waals surface area contributed by atoms with Crippen LogP contribution in [0.5, 0.6) is 11.5 Å². The Bertz CT molecular complexity index is 1130. The minimum absolute atomic E-state index is 0.161. The molecule has 1 amide bonds. The molecule has 0 unspecified atom stereocenters. The third-order valence-electron chi connectivity index (χ3n) is 4.88. The molecule has 7 nitrogen and oxygen atoms in total. The molecule has 31 heavy (non-hydrogen) atoms. The van der Waals surface area contributed by atoms with Crippen molar-refractivity contribution in [2.75, 3.05) is 12.4 Å². The number of hydrogen-bond donors (Lipinski definition) is 1. The van der Waals surface area contributed by atoms with Crippen LogP contribution in [0.25, 0.3) is 0 Å². The molecule has 3 aromatic rings. The minimum Gasteiger partial charge on any atom is -0.493 e. The molecule has 1 N–H and O–H groups in total. The number of carbonyl (C=O) groups is 1. The Morgan fingerprint density at radius 1 is 1.06 bits per heavy atom. The number of amides is 1. The van der Waals surface area contributed by atoms with Crippen LogP contribution in [0.3, 0.4) is 0 Å². The molecule has 0 heterocycles. The van der Waals surface area contributed by atoms with E-state index in [2.05, 4.69) is 5.32 Å². The number of nitrogens with zero attached hydrogens (tertiary/aromatic N) is 1. The van der Waals surface area contributed by atoms with Gasteiger partial charge in [-0.15, -0.1) is 0 Å². The minimum atomic E-state index is -0.518. The number of nitro groups is 1. The van der Waals surface area contributed by atoms with E-state index in [0.717, 1.165) is 11.1 Å². The molecule has 0 saturated heterocycles. The maximum atomic E-state index is 12.8. The third kappa shape index (κ3) is 5.13. The molecule has 8 heteroatoms. The smallest absolute Gasteiger partial charge is 0.293 e. The third-order valence-corrected chi connectivity index (χ3v) is 5.13. The summed E-state index contributed by atoms with van der Waals surface area (Å²) in [5.41, 5.74) is 2.70. The van der Waals surface area contributed by atoms with E-state index in [-0.39, 0.29) is 16.9 Å². The highest BCUT2D eigenvalue weighted by molar-refractivity contribution is 6.30. The lowest BCUT2D eigenvalue weighted by atomic mass is 10.1. The van der Waals surface area contributed by atoms with Crippen molar-refractivity contribution in [3.8, 4) is 11.5 Å². The molecular formula is C23H21ClN2O5. The van der Waals surface area contributed by atoms with Crippen LogP contribution >= 0.6 is 11.6 Å². The molecule has 3 aromatic carbocycles. The van der Waals surface area contributed by atoms with E-state index in [1.807, 2.05) is 19.1 Å². The first-order valence-corrected chi connectivity index (χ1v) is 9.79. The highest BCUT2D eigenvalue weighted by atomic mass is 35.5. The van der Waals surface area contributed by atoms with Gasteiger partial charge in [0.05, 0.1) is 12.0 Å². The average molecular weight is 441 g/mol. The number of carbonyl (C=O) groups excluding carboxylic acids is 1. The molecule has 3 rings (SSSR count). The lowest BCUT2D eigenvalue weighted by molar-refractivity contribution is -0.384. The number of benzene rings is 3. The number of rotatable bonds is 7. The van der Waals surface area contributed by atoms with Crippen molar-refractivity contribution in [1.82, 2.24) is 0 Å². The monoisotopic (exact) mass is 440 g/mol. The van der Waals surface area contributed by atoms with E-state index in [9.17, 15) is 14.9 Å². The molecule has 0 fully saturated rings. The standard InChI is InChI=1S/C23H21ClN2O5/c1-14-4-10-19(26(28)29)22(15(14)2)25-23(27)17-7-11-20(21(12-17)30-3)31-13-16-5-8-18(24)9-6-16/h4-12H,13H2,1-3H3,(H,25,27). The van der Waals surface area contributed by atoms with Crippen LogP contribution in [0.2, 0.25) is 5.02 Å². The summed E-state index contributed by atoms with van der Waals surface area (Å²) in [4.78, 5) is 23.6. The Balaban J connectivity index is 1.81. The van der Waals surface area contributed by atoms with Crippen molar-refractivity contribution in [3.63, 3.8) is 0 Å². The van der Waals surface area contributed by atoms with Crippen molar-refractivity contribution in [1.29, 1.82) is 0 Å². The summed E-state index contributed by atoms with van der Waals surface area (Å²) in [7, 11) is 1.47. The van der Waals surface area contributed by atoms with E-state index in [1.54, 1.807) is 37.3 Å². The lowest BCUT2D eigenvalue weighted by Gasteiger charge is -2.14. The number of ether oxygens (including phenoxy) is 2. The molecule has 0 aliphatic heterocycles. The van der Waals surface area contributed by atoms with Gasteiger partial charge < -0.3 is 14.8 Å². The van der Waals surface area contributed by atoms with Crippen molar-refractivity contribution in [2.24, 2.45) is 0 Å². The van der Waals surface area contributed by atoms with Crippen molar-refractivity contribution >= 4 is 28.9 Å². The molecule has 0 atom stereocenters. The number of hydrogen-bond acceptors (Lipinski definition) is 5. The molecule has 0 aromatic heterocycles. The van der Waals surface area contributed by atoms with Gasteiger partial charge in [0.15, 0.2) is 11.5 Å². The SMILES string of the molecule is COc1cc(C(=O)Nc2c([N+](=O)[O-])ccc(C)c2C)ccc1OCc1ccc(Cl)cc1. The second kappa shape index (κ2) is 9.49. The Hall–Kier alpha value is -3.58. The number of methoxy groups -OCH3 is 1. The van der Waals surface area contributed by atoms with Crippen molar-refractivity contribution < 1.29 is 19.2 Å². The zero-order valence-electron chi connectivity index (χ0n) is 17.3. The maximum Gasteiger partial charge on any atom is 0.293 e. The summed E-state index contributed by atoms with van der Waals surface area (Å²) in [5.74, 6) is 0.350. The first kappa shape index (κ1) is 22.1. The number of nitro benzene ring substituents is 1. The summed E-state index contributed by atoms with van der Waals surface area (Å²) >= 11 is 5.89. The summed E-state index contributed by atoms with van der Waals surface area (Å²) in [6, 6.07) is 15.0. The molecule has 0 radical (unpaired) electrons. The van der Waals surface area contributed by atoms with E-state index in [4.69, 9.17) is 21.1 Å². The molecule has 0 saturated carbocycles. The zero-order valence-corrected chi connectivity index (χ0v) is 18.0. The zero-order chi connectivity index (χ0) is 22.5. The molecule has 0 spiro atoms. The quantitative estimate of drug-likeness (QED) is 0.375. The van der Waals surface area contributed by atoms with E-state index >= 15 is 0 Å². The van der Waals surface area contributed by atoms with Crippen LogP contribution in [0.15, 0.2) is 54.6 Å². The highest BCUT2D eigenvalue weighted by Gasteiger charge is 2.21. The van der Waals surface area contributed by atoms with Gasteiger partial charge in [0, 0.05) is 16.7 Å². The fourth-order valence-corrected chi connectivity index (χ4v) is 3.09. The van der Waals surface area contributed by atoms with Gasteiger partial charge in [-0.1, -0.05) is 29.8 Å². The Labute approximate surface area is 184 Å². The summed E-state index contributed by atoms with van der Waals surface area (Å²) in [6.07, 6.45) is 0. The lowest BCUT2D eigenvalue weighted by Crippen LogP contribution is -2.15. The van der Waals surface area contributed by atoms with Gasteiger partial charge in [0.25, 0.3) is 11.6 Å². The normalized spacial score (nSPS) is 10.5. The van der Waals surface area contributed by atoms with Crippen LogP contribution in [0.1, 0.15) is 27.0 Å². The summed E-state index contributed by atoms with van der Waals surface area (Å²) < 4.78 is 11.2. The van der Waals surface area contributed by atoms with Crippen LogP contribution in [-0.2, 0) is 6.61 Å². The van der Waals surface area contributed by atoms with Crippen molar-refractivity contribution in [2.45, 2.75) is 20.5 Å². The van der Waals surface area contributed by atoms with Crippen LogP contribution in [0.4, 0.5) is 11.4 Å². The fraction of sp³-hybridized carbons (Fsp3) is 0.174. The predicted octanol–water partition coefficient (Wildman–Crippen LogP) is 5.70. The molecule has 160 valence electrons. The van der Waals surface area contributed by atoms with Gasteiger partial charge in [-0.2, -0.15) is 0 Å².